The van der Waals surface area contributed by atoms with Gasteiger partial charge in [-0.1, -0.05) is 44.2 Å². The quantitative estimate of drug-likeness (QED) is 0.850. The van der Waals surface area contributed by atoms with Crippen LogP contribution in [-0.4, -0.2) is 15.2 Å². The average molecular weight is 244 g/mol. The third kappa shape index (κ3) is 2.96. The maximum absolute atomic E-state index is 4.19. The van der Waals surface area contributed by atoms with Crippen molar-refractivity contribution in [2.24, 2.45) is 5.92 Å². The van der Waals surface area contributed by atoms with E-state index >= 15 is 0 Å². The third-order valence-electron chi connectivity index (χ3n) is 3.10. The Morgan fingerprint density at radius 1 is 1.11 bits per heavy atom. The normalized spacial score (nSPS) is 14.7. The second kappa shape index (κ2) is 5.78. The van der Waals surface area contributed by atoms with Gasteiger partial charge in [0.05, 0.1) is 6.04 Å². The molecule has 2 rings (SSSR count). The molecular formula is C14H20N4. The largest absolute Gasteiger partial charge is 0.300 e. The number of hydrogen-bond acceptors (Lipinski definition) is 3. The molecule has 2 atom stereocenters. The molecule has 0 saturated carbocycles. The van der Waals surface area contributed by atoms with Gasteiger partial charge in [-0.2, -0.15) is 5.10 Å². The fourth-order valence-electron chi connectivity index (χ4n) is 2.11. The molecule has 2 N–H and O–H groups in total. The molecule has 18 heavy (non-hydrogen) atoms. The van der Waals surface area contributed by atoms with Crippen LogP contribution in [0.15, 0.2) is 36.7 Å². The lowest BCUT2D eigenvalue weighted by Crippen LogP contribution is -2.29. The molecule has 4 heteroatoms. The third-order valence-corrected chi connectivity index (χ3v) is 3.10. The second-order valence-electron chi connectivity index (χ2n) is 4.89. The average Bonchev–Trinajstić information content (AvgIpc) is 2.90. The minimum absolute atomic E-state index is 0.153. The van der Waals surface area contributed by atoms with Crippen LogP contribution in [0.2, 0.25) is 0 Å². The molecule has 0 aliphatic carbocycles. The van der Waals surface area contributed by atoms with Crippen LogP contribution in [-0.2, 0) is 0 Å². The van der Waals surface area contributed by atoms with Crippen LogP contribution in [0.3, 0.4) is 0 Å². The summed E-state index contributed by atoms with van der Waals surface area (Å²) in [5.41, 5.74) is 1.30. The zero-order valence-corrected chi connectivity index (χ0v) is 11.1. The molecule has 0 radical (unpaired) electrons. The van der Waals surface area contributed by atoms with Gasteiger partial charge in [-0.3, -0.25) is 5.10 Å². The standard InChI is InChI=1S/C14H20N4/c1-10(2)13(12-7-5-4-6-8-12)17-11(3)14-15-9-16-18-14/h4-11,13,17H,1-3H3,(H,15,16,18). The Morgan fingerprint density at radius 3 is 2.39 bits per heavy atom. The Kier molecular flexibility index (Phi) is 4.10. The minimum atomic E-state index is 0.153. The lowest BCUT2D eigenvalue weighted by atomic mass is 9.95. The Hall–Kier alpha value is -1.68. The van der Waals surface area contributed by atoms with Gasteiger partial charge < -0.3 is 5.32 Å². The van der Waals surface area contributed by atoms with E-state index < -0.39 is 0 Å². The highest BCUT2D eigenvalue weighted by molar-refractivity contribution is 5.19. The van der Waals surface area contributed by atoms with E-state index in [0.717, 1.165) is 5.82 Å². The lowest BCUT2D eigenvalue weighted by Gasteiger charge is -2.26. The number of rotatable bonds is 5. The molecule has 2 unspecified atom stereocenters. The van der Waals surface area contributed by atoms with Crippen LogP contribution >= 0.6 is 0 Å². The Bertz CT molecular complexity index is 450. The summed E-state index contributed by atoms with van der Waals surface area (Å²) in [4.78, 5) is 4.19. The van der Waals surface area contributed by atoms with Gasteiger partial charge in [0.25, 0.3) is 0 Å². The van der Waals surface area contributed by atoms with Crippen molar-refractivity contribution in [3.05, 3.63) is 48.0 Å². The zero-order chi connectivity index (χ0) is 13.0. The van der Waals surface area contributed by atoms with E-state index in [0.29, 0.717) is 12.0 Å². The van der Waals surface area contributed by atoms with Crippen LogP contribution in [0.5, 0.6) is 0 Å². The highest BCUT2D eigenvalue weighted by atomic mass is 15.2. The van der Waals surface area contributed by atoms with Crippen molar-refractivity contribution < 1.29 is 0 Å². The minimum Gasteiger partial charge on any atom is -0.300 e. The summed E-state index contributed by atoms with van der Waals surface area (Å²) in [5.74, 6) is 1.38. The first-order valence-corrected chi connectivity index (χ1v) is 6.34. The van der Waals surface area contributed by atoms with Crippen molar-refractivity contribution in [1.82, 2.24) is 20.5 Å². The summed E-state index contributed by atoms with van der Waals surface area (Å²) in [6.07, 6.45) is 1.54. The van der Waals surface area contributed by atoms with Gasteiger partial charge in [-0.05, 0) is 18.4 Å². The lowest BCUT2D eigenvalue weighted by molar-refractivity contribution is 0.367. The van der Waals surface area contributed by atoms with Gasteiger partial charge in [0.1, 0.15) is 12.2 Å². The number of H-pyrrole nitrogens is 1. The molecule has 4 nitrogen and oxygen atoms in total. The molecule has 0 saturated heterocycles. The van der Waals surface area contributed by atoms with E-state index in [9.17, 15) is 0 Å². The van der Waals surface area contributed by atoms with Gasteiger partial charge in [0.15, 0.2) is 0 Å². The fraction of sp³-hybridized carbons (Fsp3) is 0.429. The number of nitrogens with zero attached hydrogens (tertiary/aromatic N) is 2. The summed E-state index contributed by atoms with van der Waals surface area (Å²) in [5, 5.41) is 10.4. The van der Waals surface area contributed by atoms with Crippen molar-refractivity contribution in [3.8, 4) is 0 Å². The number of hydrogen-bond donors (Lipinski definition) is 2. The number of aromatic nitrogens is 3. The molecule has 2 aromatic rings. The van der Waals surface area contributed by atoms with Crippen LogP contribution in [0, 0.1) is 5.92 Å². The first-order valence-electron chi connectivity index (χ1n) is 6.34. The van der Waals surface area contributed by atoms with Crippen LogP contribution < -0.4 is 5.32 Å². The van der Waals surface area contributed by atoms with Crippen molar-refractivity contribution in [3.63, 3.8) is 0 Å². The van der Waals surface area contributed by atoms with Crippen molar-refractivity contribution in [2.75, 3.05) is 0 Å². The van der Waals surface area contributed by atoms with Crippen molar-refractivity contribution in [1.29, 1.82) is 0 Å². The molecule has 0 aliphatic rings. The van der Waals surface area contributed by atoms with Gasteiger partial charge in [-0.25, -0.2) is 4.98 Å². The van der Waals surface area contributed by atoms with Gasteiger partial charge in [0, 0.05) is 6.04 Å². The number of nitrogens with one attached hydrogen (secondary N) is 2. The molecule has 1 aromatic heterocycles. The molecule has 0 spiro atoms. The Labute approximate surface area is 108 Å². The second-order valence-corrected chi connectivity index (χ2v) is 4.89. The zero-order valence-electron chi connectivity index (χ0n) is 11.1. The molecular weight excluding hydrogens is 224 g/mol. The number of aromatic amines is 1. The van der Waals surface area contributed by atoms with Crippen LogP contribution in [0.25, 0.3) is 0 Å². The monoisotopic (exact) mass is 244 g/mol. The predicted molar refractivity (Wildman–Crippen MR) is 72.0 cm³/mol. The van der Waals surface area contributed by atoms with Gasteiger partial charge in [-0.15, -0.1) is 0 Å². The highest BCUT2D eigenvalue weighted by Gasteiger charge is 2.19. The fourth-order valence-corrected chi connectivity index (χ4v) is 2.11. The first kappa shape index (κ1) is 12.8. The van der Waals surface area contributed by atoms with E-state index in [2.05, 4.69) is 65.5 Å². The summed E-state index contributed by atoms with van der Waals surface area (Å²) >= 11 is 0. The molecule has 1 heterocycles. The number of benzene rings is 1. The first-order chi connectivity index (χ1) is 8.68. The molecule has 0 amide bonds. The molecule has 1 aromatic carbocycles. The van der Waals surface area contributed by atoms with Crippen molar-refractivity contribution in [2.45, 2.75) is 32.9 Å². The maximum Gasteiger partial charge on any atom is 0.141 e. The molecule has 0 aliphatic heterocycles. The summed E-state index contributed by atoms with van der Waals surface area (Å²) in [6, 6.07) is 11.0. The SMILES string of the molecule is CC(NC(c1ccccc1)C(C)C)c1ncn[nH]1. The van der Waals surface area contributed by atoms with E-state index in [1.165, 1.54) is 5.56 Å². The molecule has 0 bridgehead atoms. The Morgan fingerprint density at radius 2 is 1.83 bits per heavy atom. The Balaban J connectivity index is 2.12. The predicted octanol–water partition coefficient (Wildman–Crippen LogP) is 2.85. The molecule has 96 valence electrons. The van der Waals surface area contributed by atoms with Crippen LogP contribution in [0.4, 0.5) is 0 Å². The smallest absolute Gasteiger partial charge is 0.141 e. The van der Waals surface area contributed by atoms with E-state index in [-0.39, 0.29) is 6.04 Å². The van der Waals surface area contributed by atoms with Gasteiger partial charge in [0.2, 0.25) is 0 Å². The van der Waals surface area contributed by atoms with E-state index in [1.54, 1.807) is 6.33 Å². The molecule has 0 fully saturated rings. The highest BCUT2D eigenvalue weighted by Crippen LogP contribution is 2.24. The van der Waals surface area contributed by atoms with Gasteiger partial charge >= 0.3 is 0 Å². The summed E-state index contributed by atoms with van der Waals surface area (Å²) in [7, 11) is 0. The van der Waals surface area contributed by atoms with E-state index in [1.807, 2.05) is 6.07 Å². The summed E-state index contributed by atoms with van der Waals surface area (Å²) < 4.78 is 0. The van der Waals surface area contributed by atoms with Crippen LogP contribution in [0.1, 0.15) is 44.2 Å². The maximum atomic E-state index is 4.19. The van der Waals surface area contributed by atoms with E-state index in [4.69, 9.17) is 0 Å². The topological polar surface area (TPSA) is 53.6 Å². The van der Waals surface area contributed by atoms with Crippen molar-refractivity contribution >= 4 is 0 Å². The summed E-state index contributed by atoms with van der Waals surface area (Å²) in [6.45, 7) is 6.54.